The third-order valence-electron chi connectivity index (χ3n) is 5.20. The van der Waals surface area contributed by atoms with Gasteiger partial charge in [0.2, 0.25) is 0 Å². The minimum absolute atomic E-state index is 0.537. The number of aromatic nitrogens is 1. The van der Waals surface area contributed by atoms with Gasteiger partial charge in [-0.3, -0.25) is 4.31 Å². The molecule has 1 aromatic heterocycles. The molecule has 5 nitrogen and oxygen atoms in total. The highest BCUT2D eigenvalue weighted by atomic mass is 32.2. The van der Waals surface area contributed by atoms with E-state index in [1.54, 1.807) is 18.5 Å². The number of benzene rings is 2. The van der Waals surface area contributed by atoms with E-state index in [4.69, 9.17) is 4.74 Å². The standard InChI is InChI=1S/C23H28N2O3S/c1-4-23(26,22-11-8-16-25(22)17-18-28-3)19-12-14-20(15-13-19)24(2)29(27)21-9-6-5-7-10-21/h5-16,26H,4,17-18H2,1-3H3. The minimum atomic E-state index is -1.29. The molecule has 0 saturated carbocycles. The third-order valence-corrected chi connectivity index (χ3v) is 6.59. The van der Waals surface area contributed by atoms with Crippen LogP contribution in [-0.2, 0) is 27.9 Å². The Labute approximate surface area is 175 Å². The van der Waals surface area contributed by atoms with Gasteiger partial charge in [0, 0.05) is 32.6 Å². The van der Waals surface area contributed by atoms with Crippen LogP contribution in [0.3, 0.4) is 0 Å². The van der Waals surface area contributed by atoms with Gasteiger partial charge in [-0.05, 0) is 48.4 Å². The number of ether oxygens (including phenoxy) is 1. The Morgan fingerprint density at radius 1 is 1.07 bits per heavy atom. The van der Waals surface area contributed by atoms with Crippen LogP contribution in [0.5, 0.6) is 0 Å². The van der Waals surface area contributed by atoms with E-state index in [1.165, 1.54) is 0 Å². The fourth-order valence-corrected chi connectivity index (χ4v) is 4.46. The number of methoxy groups -OCH3 is 1. The molecule has 2 aromatic carbocycles. The lowest BCUT2D eigenvalue weighted by Gasteiger charge is -2.30. The first kappa shape index (κ1) is 21.3. The Morgan fingerprint density at radius 2 is 1.76 bits per heavy atom. The van der Waals surface area contributed by atoms with Crippen molar-refractivity contribution >= 4 is 16.7 Å². The molecule has 0 aliphatic carbocycles. The monoisotopic (exact) mass is 412 g/mol. The second kappa shape index (κ2) is 9.39. The van der Waals surface area contributed by atoms with Crippen LogP contribution in [0, 0.1) is 0 Å². The number of hydrogen-bond acceptors (Lipinski definition) is 3. The summed E-state index contributed by atoms with van der Waals surface area (Å²) < 4.78 is 21.7. The Balaban J connectivity index is 1.86. The van der Waals surface area contributed by atoms with Crippen molar-refractivity contribution in [3.05, 3.63) is 84.2 Å². The van der Waals surface area contributed by atoms with E-state index in [2.05, 4.69) is 0 Å². The van der Waals surface area contributed by atoms with Crippen molar-refractivity contribution in [2.75, 3.05) is 25.1 Å². The van der Waals surface area contributed by atoms with Gasteiger partial charge in [0.15, 0.2) is 11.0 Å². The second-order valence-electron chi connectivity index (χ2n) is 6.90. The molecule has 0 saturated heterocycles. The maximum Gasteiger partial charge on any atom is 0.152 e. The van der Waals surface area contributed by atoms with Crippen LogP contribution in [0.2, 0.25) is 0 Å². The maximum absolute atomic E-state index is 12.8. The van der Waals surface area contributed by atoms with E-state index in [1.807, 2.05) is 84.4 Å². The molecule has 0 amide bonds. The number of rotatable bonds is 9. The van der Waals surface area contributed by atoms with E-state index >= 15 is 0 Å². The number of nitrogens with zero attached hydrogens (tertiary/aromatic N) is 2. The largest absolute Gasteiger partial charge is 0.383 e. The van der Waals surface area contributed by atoms with Crippen molar-refractivity contribution in [3.63, 3.8) is 0 Å². The van der Waals surface area contributed by atoms with Crippen LogP contribution in [0.4, 0.5) is 5.69 Å². The van der Waals surface area contributed by atoms with Gasteiger partial charge in [0.25, 0.3) is 0 Å². The zero-order valence-electron chi connectivity index (χ0n) is 17.1. The molecule has 29 heavy (non-hydrogen) atoms. The maximum atomic E-state index is 12.8. The summed E-state index contributed by atoms with van der Waals surface area (Å²) in [7, 11) is 2.18. The fraction of sp³-hybridized carbons (Fsp3) is 0.304. The summed E-state index contributed by atoms with van der Waals surface area (Å²) in [5.41, 5.74) is 1.36. The molecule has 1 N–H and O–H groups in total. The predicted molar refractivity (Wildman–Crippen MR) is 117 cm³/mol. The van der Waals surface area contributed by atoms with Gasteiger partial charge >= 0.3 is 0 Å². The summed E-state index contributed by atoms with van der Waals surface area (Å²) in [6.45, 7) is 3.23. The summed E-state index contributed by atoms with van der Waals surface area (Å²) in [6, 6.07) is 20.9. The van der Waals surface area contributed by atoms with Crippen molar-refractivity contribution in [2.45, 2.75) is 30.4 Å². The zero-order valence-corrected chi connectivity index (χ0v) is 17.9. The molecule has 0 aliphatic heterocycles. The first-order valence-electron chi connectivity index (χ1n) is 9.69. The molecule has 0 fully saturated rings. The highest BCUT2D eigenvalue weighted by Gasteiger charge is 2.32. The molecular weight excluding hydrogens is 384 g/mol. The summed E-state index contributed by atoms with van der Waals surface area (Å²) in [5, 5.41) is 11.5. The summed E-state index contributed by atoms with van der Waals surface area (Å²) in [6.07, 6.45) is 2.50. The van der Waals surface area contributed by atoms with Crippen LogP contribution in [0.25, 0.3) is 0 Å². The Morgan fingerprint density at radius 3 is 2.38 bits per heavy atom. The Kier molecular flexibility index (Phi) is 6.90. The van der Waals surface area contributed by atoms with Gasteiger partial charge in [-0.1, -0.05) is 37.3 Å². The summed E-state index contributed by atoms with van der Waals surface area (Å²) in [4.78, 5) is 0.750. The summed E-state index contributed by atoms with van der Waals surface area (Å²) in [5.74, 6) is 0. The van der Waals surface area contributed by atoms with Crippen molar-refractivity contribution in [1.29, 1.82) is 0 Å². The molecule has 6 heteroatoms. The molecule has 154 valence electrons. The molecular formula is C23H28N2O3S. The normalized spacial score (nSPS) is 14.3. The number of aliphatic hydroxyl groups is 1. The van der Waals surface area contributed by atoms with Crippen LogP contribution in [0.1, 0.15) is 24.6 Å². The zero-order chi connectivity index (χ0) is 20.9. The molecule has 2 unspecified atom stereocenters. The molecule has 1 heterocycles. The fourth-order valence-electron chi connectivity index (χ4n) is 3.45. The van der Waals surface area contributed by atoms with Gasteiger partial charge in [-0.25, -0.2) is 4.21 Å². The first-order valence-corrected chi connectivity index (χ1v) is 10.8. The molecule has 0 spiro atoms. The smallest absolute Gasteiger partial charge is 0.152 e. The molecule has 3 aromatic rings. The van der Waals surface area contributed by atoms with Crippen molar-refractivity contribution in [1.82, 2.24) is 4.57 Å². The Bertz CT molecular complexity index is 940. The Hall–Kier alpha value is -2.41. The lowest BCUT2D eigenvalue weighted by Crippen LogP contribution is -2.30. The van der Waals surface area contributed by atoms with Crippen molar-refractivity contribution < 1.29 is 14.1 Å². The van der Waals surface area contributed by atoms with E-state index in [0.29, 0.717) is 19.6 Å². The van der Waals surface area contributed by atoms with Gasteiger partial charge in [0.05, 0.1) is 17.2 Å². The van der Waals surface area contributed by atoms with Crippen LogP contribution in [0.15, 0.2) is 77.8 Å². The van der Waals surface area contributed by atoms with Crippen molar-refractivity contribution in [3.8, 4) is 0 Å². The van der Waals surface area contributed by atoms with Crippen molar-refractivity contribution in [2.24, 2.45) is 0 Å². The van der Waals surface area contributed by atoms with E-state index in [-0.39, 0.29) is 0 Å². The average molecular weight is 413 g/mol. The van der Waals surface area contributed by atoms with Gasteiger partial charge in [-0.15, -0.1) is 0 Å². The highest BCUT2D eigenvalue weighted by Crippen LogP contribution is 2.34. The predicted octanol–water partition coefficient (Wildman–Crippen LogP) is 3.94. The molecule has 0 radical (unpaired) electrons. The van der Waals surface area contributed by atoms with Crippen LogP contribution < -0.4 is 4.31 Å². The highest BCUT2D eigenvalue weighted by molar-refractivity contribution is 7.86. The van der Waals surface area contributed by atoms with E-state index in [0.717, 1.165) is 21.8 Å². The SMILES string of the molecule is CCC(O)(c1ccc(N(C)S(=O)c2ccccc2)cc1)c1cccn1CCOC. The average Bonchev–Trinajstić information content (AvgIpc) is 3.26. The molecule has 2 atom stereocenters. The minimum Gasteiger partial charge on any atom is -0.383 e. The lowest BCUT2D eigenvalue weighted by molar-refractivity contribution is 0.0660. The van der Waals surface area contributed by atoms with Gasteiger partial charge < -0.3 is 14.4 Å². The van der Waals surface area contributed by atoms with Crippen LogP contribution in [-0.4, -0.2) is 34.6 Å². The topological polar surface area (TPSA) is 54.7 Å². The van der Waals surface area contributed by atoms with E-state index < -0.39 is 16.6 Å². The first-order chi connectivity index (χ1) is 14.0. The number of anilines is 1. The molecule has 0 aliphatic rings. The number of hydrogen-bond donors (Lipinski definition) is 1. The van der Waals surface area contributed by atoms with Crippen LogP contribution >= 0.6 is 0 Å². The lowest BCUT2D eigenvalue weighted by atomic mass is 9.87. The molecule has 0 bridgehead atoms. The van der Waals surface area contributed by atoms with Gasteiger partial charge in [0.1, 0.15) is 5.60 Å². The second-order valence-corrected chi connectivity index (χ2v) is 8.42. The van der Waals surface area contributed by atoms with E-state index in [9.17, 15) is 9.32 Å². The quantitative estimate of drug-likeness (QED) is 0.579. The summed E-state index contributed by atoms with van der Waals surface area (Å²) >= 11 is 0. The third kappa shape index (κ3) is 4.45. The van der Waals surface area contributed by atoms with Gasteiger partial charge in [-0.2, -0.15) is 0 Å². The molecule has 3 rings (SSSR count).